The maximum Gasteiger partial charge on any atom is 0.125 e. The highest BCUT2D eigenvalue weighted by molar-refractivity contribution is 7.34. The SMILES string of the molecule is [2H]c1nc(-c2cc([Si](C)(C)C)c3ccccc3c2)c2sc([Si](C)(C)c3cc(C)cc(C)c3)c(C)c2n1. The quantitative estimate of drug-likeness (QED) is 0.248. The number of rotatable bonds is 4. The first-order chi connectivity index (χ1) is 16.9. The fourth-order valence-corrected chi connectivity index (χ4v) is 12.1. The van der Waals surface area contributed by atoms with E-state index in [0.29, 0.717) is 0 Å². The van der Waals surface area contributed by atoms with Gasteiger partial charge in [-0.25, -0.2) is 9.97 Å². The number of hydrogen-bond donors (Lipinski definition) is 0. The molecule has 0 spiro atoms. The first-order valence-electron chi connectivity index (χ1n) is 12.8. The fourth-order valence-electron chi connectivity index (χ4n) is 5.30. The number of fused-ring (bicyclic) bond motifs is 2. The predicted octanol–water partition coefficient (Wildman–Crippen LogP) is 6.80. The number of nitrogens with zero attached hydrogens (tertiary/aromatic N) is 2. The van der Waals surface area contributed by atoms with Crippen molar-refractivity contribution in [2.24, 2.45) is 0 Å². The molecule has 2 heterocycles. The molecule has 0 unspecified atom stereocenters. The molecule has 0 bridgehead atoms. The van der Waals surface area contributed by atoms with Gasteiger partial charge in [-0.15, -0.1) is 11.3 Å². The minimum Gasteiger partial charge on any atom is -0.235 e. The standard InChI is InChI=1S/C30H34N2SSi2/c1-19-13-20(2)15-24(14-19)35(7,8)30-21(3)27-29(33-30)28(32-18-31-27)23-16-22-11-9-10-12-25(22)26(17-23)34(4,5)6/h9-18H,1-8H3/i18D. The largest absolute Gasteiger partial charge is 0.235 e. The summed E-state index contributed by atoms with van der Waals surface area (Å²) in [5, 5.41) is 5.46. The molecule has 0 aliphatic carbocycles. The van der Waals surface area contributed by atoms with Gasteiger partial charge in [0.15, 0.2) is 0 Å². The molecule has 178 valence electrons. The summed E-state index contributed by atoms with van der Waals surface area (Å²) in [5.41, 5.74) is 6.79. The van der Waals surface area contributed by atoms with Gasteiger partial charge in [-0.2, -0.15) is 0 Å². The summed E-state index contributed by atoms with van der Waals surface area (Å²) in [6, 6.07) is 20.2. The van der Waals surface area contributed by atoms with Gasteiger partial charge in [-0.3, -0.25) is 0 Å². The van der Waals surface area contributed by atoms with E-state index in [1.165, 1.54) is 42.3 Å². The van der Waals surface area contributed by atoms with Gasteiger partial charge >= 0.3 is 0 Å². The van der Waals surface area contributed by atoms with Crippen LogP contribution in [0.15, 0.2) is 60.9 Å². The highest BCUT2D eigenvalue weighted by Crippen LogP contribution is 2.34. The molecule has 0 saturated heterocycles. The van der Waals surface area contributed by atoms with Crippen LogP contribution in [0.4, 0.5) is 0 Å². The van der Waals surface area contributed by atoms with Crippen LogP contribution in [-0.2, 0) is 0 Å². The molecule has 0 aliphatic heterocycles. The van der Waals surface area contributed by atoms with E-state index < -0.39 is 16.1 Å². The summed E-state index contributed by atoms with van der Waals surface area (Å²) in [7, 11) is -3.59. The van der Waals surface area contributed by atoms with E-state index in [0.717, 1.165) is 21.5 Å². The second-order valence-electron chi connectivity index (χ2n) is 11.4. The summed E-state index contributed by atoms with van der Waals surface area (Å²) < 4.78 is 11.0. The zero-order valence-corrected chi connectivity index (χ0v) is 24.8. The monoisotopic (exact) mass is 511 g/mol. The van der Waals surface area contributed by atoms with Gasteiger partial charge in [0.1, 0.15) is 15.7 Å². The first-order valence-corrected chi connectivity index (χ1v) is 19.6. The molecule has 0 atom stereocenters. The topological polar surface area (TPSA) is 25.8 Å². The van der Waals surface area contributed by atoms with E-state index in [1.807, 2.05) is 11.3 Å². The Balaban J connectivity index is 1.79. The van der Waals surface area contributed by atoms with E-state index >= 15 is 0 Å². The lowest BCUT2D eigenvalue weighted by atomic mass is 10.0. The van der Waals surface area contributed by atoms with Gasteiger partial charge in [0.05, 0.1) is 24.0 Å². The molecule has 0 fully saturated rings. The fraction of sp³-hybridized carbons (Fsp3) is 0.267. The molecule has 2 aromatic heterocycles. The van der Waals surface area contributed by atoms with Crippen molar-refractivity contribution in [2.45, 2.75) is 53.5 Å². The van der Waals surface area contributed by atoms with Crippen LogP contribution >= 0.6 is 11.3 Å². The van der Waals surface area contributed by atoms with Crippen molar-refractivity contribution < 1.29 is 1.37 Å². The van der Waals surface area contributed by atoms with Crippen LogP contribution in [0.2, 0.25) is 32.7 Å². The maximum atomic E-state index is 8.49. The maximum absolute atomic E-state index is 8.49. The Kier molecular flexibility index (Phi) is 5.55. The molecule has 35 heavy (non-hydrogen) atoms. The van der Waals surface area contributed by atoms with Crippen molar-refractivity contribution >= 4 is 63.3 Å². The Hall–Kier alpha value is -2.61. The van der Waals surface area contributed by atoms with E-state index in [2.05, 4.69) is 113 Å². The van der Waals surface area contributed by atoms with Crippen LogP contribution < -0.4 is 14.9 Å². The first kappa shape index (κ1) is 22.8. The normalized spacial score (nSPS) is 13.0. The molecule has 2 nitrogen and oxygen atoms in total. The Labute approximate surface area is 216 Å². The molecule has 0 amide bonds. The predicted molar refractivity (Wildman–Crippen MR) is 161 cm³/mol. The van der Waals surface area contributed by atoms with Crippen LogP contribution in [0.1, 0.15) is 18.1 Å². The second kappa shape index (κ2) is 8.51. The summed E-state index contributed by atoms with van der Waals surface area (Å²) in [6.45, 7) is 18.6. The smallest absolute Gasteiger partial charge is 0.125 e. The van der Waals surface area contributed by atoms with Crippen molar-refractivity contribution in [1.82, 2.24) is 9.97 Å². The van der Waals surface area contributed by atoms with Crippen molar-refractivity contribution in [3.05, 3.63) is 77.6 Å². The molecule has 3 aromatic carbocycles. The summed E-state index contributed by atoms with van der Waals surface area (Å²) in [4.78, 5) is 9.39. The van der Waals surface area contributed by atoms with Gasteiger partial charge in [-0.05, 0) is 43.2 Å². The molecule has 5 heteroatoms. The summed E-state index contributed by atoms with van der Waals surface area (Å²) in [5.74, 6) is 0. The molecule has 0 saturated carbocycles. The molecule has 5 aromatic rings. The van der Waals surface area contributed by atoms with E-state index in [1.54, 1.807) is 0 Å². The highest BCUT2D eigenvalue weighted by Gasteiger charge is 2.32. The summed E-state index contributed by atoms with van der Waals surface area (Å²) in [6.07, 6.45) is 0.0959. The Bertz CT molecular complexity index is 1630. The lowest BCUT2D eigenvalue weighted by Gasteiger charge is -2.24. The van der Waals surface area contributed by atoms with Gasteiger partial charge in [0.25, 0.3) is 0 Å². The van der Waals surface area contributed by atoms with Gasteiger partial charge in [0, 0.05) is 10.1 Å². The molecule has 0 N–H and O–H groups in total. The molecule has 0 aliphatic rings. The van der Waals surface area contributed by atoms with E-state index in [9.17, 15) is 0 Å². The number of hydrogen-bond acceptors (Lipinski definition) is 3. The molecule has 5 rings (SSSR count). The third-order valence-corrected chi connectivity index (χ3v) is 15.3. The van der Waals surface area contributed by atoms with Crippen molar-refractivity contribution in [3.63, 3.8) is 0 Å². The Morgan fingerprint density at radius 3 is 2.20 bits per heavy atom. The highest BCUT2D eigenvalue weighted by atomic mass is 32.1. The zero-order chi connectivity index (χ0) is 26.0. The van der Waals surface area contributed by atoms with Crippen LogP contribution in [0.3, 0.4) is 0 Å². The van der Waals surface area contributed by atoms with Crippen LogP contribution in [0.25, 0.3) is 32.2 Å². The second-order valence-corrected chi connectivity index (χ2v) is 22.2. The number of aromatic nitrogens is 2. The van der Waals surface area contributed by atoms with Crippen LogP contribution in [0, 0.1) is 20.8 Å². The van der Waals surface area contributed by atoms with Gasteiger partial charge in [0.2, 0.25) is 0 Å². The Morgan fingerprint density at radius 2 is 1.51 bits per heavy atom. The van der Waals surface area contributed by atoms with Gasteiger partial charge < -0.3 is 0 Å². The molecular formula is C30H34N2SSi2. The number of aryl methyl sites for hydroxylation is 3. The van der Waals surface area contributed by atoms with Crippen molar-refractivity contribution in [3.8, 4) is 11.3 Å². The molecular weight excluding hydrogens is 477 g/mol. The minimum atomic E-state index is -1.98. The van der Waals surface area contributed by atoms with Crippen LogP contribution in [0.5, 0.6) is 0 Å². The lowest BCUT2D eigenvalue weighted by Crippen LogP contribution is -2.52. The lowest BCUT2D eigenvalue weighted by molar-refractivity contribution is 1.23. The van der Waals surface area contributed by atoms with Crippen molar-refractivity contribution in [2.75, 3.05) is 0 Å². The minimum absolute atomic E-state index is 0.0959. The van der Waals surface area contributed by atoms with Gasteiger partial charge in [-0.1, -0.05) is 103 Å². The van der Waals surface area contributed by atoms with Crippen molar-refractivity contribution in [1.29, 1.82) is 0 Å². The Morgan fingerprint density at radius 1 is 0.829 bits per heavy atom. The average molecular weight is 512 g/mol. The molecule has 0 radical (unpaired) electrons. The average Bonchev–Trinajstić information content (AvgIpc) is 3.13. The van der Waals surface area contributed by atoms with E-state index in [4.69, 9.17) is 6.35 Å². The number of benzene rings is 3. The van der Waals surface area contributed by atoms with Crippen LogP contribution in [-0.4, -0.2) is 26.1 Å². The zero-order valence-electron chi connectivity index (χ0n) is 23.0. The summed E-state index contributed by atoms with van der Waals surface area (Å²) >= 11 is 1.85. The third kappa shape index (κ3) is 4.20. The van der Waals surface area contributed by atoms with E-state index in [-0.39, 0.29) is 6.30 Å². The number of thiophene rings is 1. The third-order valence-electron chi connectivity index (χ3n) is 7.11.